The average molecular weight is 445 g/mol. The molecule has 1 N–H and O–H groups in total. The van der Waals surface area contributed by atoms with Crippen LogP contribution in [0.4, 0.5) is 0 Å². The minimum Gasteiger partial charge on any atom is -0.498 e. The molecule has 1 saturated heterocycles. The molecule has 0 bridgehead atoms. The van der Waals surface area contributed by atoms with E-state index in [2.05, 4.69) is 48.3 Å². The van der Waals surface area contributed by atoms with Crippen molar-refractivity contribution in [1.82, 2.24) is 10.2 Å². The van der Waals surface area contributed by atoms with E-state index in [4.69, 9.17) is 16.3 Å². The Bertz CT molecular complexity index is 777. The van der Waals surface area contributed by atoms with Crippen LogP contribution in [0.3, 0.4) is 0 Å². The van der Waals surface area contributed by atoms with Crippen LogP contribution in [0.1, 0.15) is 64.4 Å². The monoisotopic (exact) mass is 444 g/mol. The number of nitrogens with one attached hydrogen (secondary N) is 1. The Hall–Kier alpha value is -1.78. The summed E-state index contributed by atoms with van der Waals surface area (Å²) in [4.78, 5) is 15.3. The van der Waals surface area contributed by atoms with Gasteiger partial charge in [-0.05, 0) is 67.7 Å². The summed E-state index contributed by atoms with van der Waals surface area (Å²) in [6.45, 7) is 9.41. The lowest BCUT2D eigenvalue weighted by atomic mass is 9.89. The maximum Gasteiger partial charge on any atom is 0.239 e. The Balaban J connectivity index is 1.52. The van der Waals surface area contributed by atoms with Gasteiger partial charge in [-0.3, -0.25) is 4.79 Å². The first-order valence-corrected chi connectivity index (χ1v) is 12.2. The highest BCUT2D eigenvalue weighted by Gasteiger charge is 2.30. The van der Waals surface area contributed by atoms with Gasteiger partial charge >= 0.3 is 0 Å². The van der Waals surface area contributed by atoms with E-state index >= 15 is 0 Å². The number of ether oxygens (including phenoxy) is 1. The number of rotatable bonds is 9. The van der Waals surface area contributed by atoms with Crippen molar-refractivity contribution in [2.45, 2.75) is 64.8 Å². The van der Waals surface area contributed by atoms with Crippen molar-refractivity contribution in [2.24, 2.45) is 5.92 Å². The van der Waals surface area contributed by atoms with Crippen LogP contribution in [-0.2, 0) is 9.53 Å². The van der Waals surface area contributed by atoms with Gasteiger partial charge in [0.05, 0.1) is 18.4 Å². The lowest BCUT2D eigenvalue weighted by molar-refractivity contribution is -0.135. The molecule has 5 heteroatoms. The van der Waals surface area contributed by atoms with E-state index in [0.29, 0.717) is 12.5 Å². The molecule has 1 aromatic rings. The van der Waals surface area contributed by atoms with Crippen molar-refractivity contribution in [3.8, 4) is 0 Å². The molecule has 0 spiro atoms. The summed E-state index contributed by atoms with van der Waals surface area (Å²) in [6.07, 6.45) is 9.33. The van der Waals surface area contributed by atoms with E-state index < -0.39 is 0 Å². The van der Waals surface area contributed by atoms with Crippen molar-refractivity contribution in [2.75, 3.05) is 26.2 Å². The van der Waals surface area contributed by atoms with Gasteiger partial charge in [-0.15, -0.1) is 0 Å². The van der Waals surface area contributed by atoms with Crippen molar-refractivity contribution in [1.29, 1.82) is 0 Å². The smallest absolute Gasteiger partial charge is 0.239 e. The van der Waals surface area contributed by atoms with Gasteiger partial charge in [0.15, 0.2) is 0 Å². The highest BCUT2D eigenvalue weighted by molar-refractivity contribution is 6.30. The number of benzene rings is 1. The Kier molecular flexibility index (Phi) is 9.03. The van der Waals surface area contributed by atoms with Crippen LogP contribution in [0.2, 0.25) is 5.02 Å². The van der Waals surface area contributed by atoms with E-state index in [1.807, 2.05) is 19.1 Å². The maximum atomic E-state index is 13.3. The van der Waals surface area contributed by atoms with Gasteiger partial charge in [-0.1, -0.05) is 49.7 Å². The number of piperidine rings is 1. The van der Waals surface area contributed by atoms with Gasteiger partial charge in [0.1, 0.15) is 0 Å². The van der Waals surface area contributed by atoms with Gasteiger partial charge in [0, 0.05) is 31.1 Å². The number of hydrogen-bond donors (Lipinski definition) is 1. The fraction of sp³-hybridized carbons (Fsp3) is 0.577. The number of halogens is 1. The molecule has 1 amide bonds. The molecule has 3 rings (SSSR count). The molecule has 2 aliphatic rings. The number of likely N-dealkylation sites (tertiary alicyclic amines) is 1. The van der Waals surface area contributed by atoms with E-state index in [1.54, 1.807) is 0 Å². The zero-order chi connectivity index (χ0) is 22.2. The molecular weight excluding hydrogens is 408 g/mol. The normalized spacial score (nSPS) is 18.5. The zero-order valence-electron chi connectivity index (χ0n) is 19.2. The fourth-order valence-electron chi connectivity index (χ4n) is 4.59. The molecule has 31 heavy (non-hydrogen) atoms. The van der Waals surface area contributed by atoms with Gasteiger partial charge < -0.3 is 15.0 Å². The topological polar surface area (TPSA) is 41.6 Å². The van der Waals surface area contributed by atoms with Crippen LogP contribution in [-0.4, -0.2) is 43.1 Å². The number of carbonyl (C=O) groups excluding carboxylic acids is 1. The standard InChI is InChI=1S/C26H37ClN2O2/c1-4-31-24-8-6-5-7-22(24)13-16-28-25(19(2)3)26(30)29-17-14-21(15-18-29)20-9-11-23(27)12-10-20/h5,7,9-12,19,21,25,28H,4,6,8,13-18H2,1-3H3/t25-/m1/s1. The molecular formula is C26H37ClN2O2. The van der Waals surface area contributed by atoms with Crippen molar-refractivity contribution in [3.05, 3.63) is 58.3 Å². The third kappa shape index (κ3) is 6.60. The number of carbonyl (C=O) groups is 1. The highest BCUT2D eigenvalue weighted by atomic mass is 35.5. The van der Waals surface area contributed by atoms with E-state index in [0.717, 1.165) is 62.5 Å². The summed E-state index contributed by atoms with van der Waals surface area (Å²) in [5, 5.41) is 4.32. The average Bonchev–Trinajstić information content (AvgIpc) is 2.78. The number of nitrogens with zero attached hydrogens (tertiary/aromatic N) is 1. The first kappa shape index (κ1) is 23.9. The molecule has 1 aliphatic carbocycles. The number of hydrogen-bond acceptors (Lipinski definition) is 3. The molecule has 0 radical (unpaired) electrons. The quantitative estimate of drug-likeness (QED) is 0.531. The van der Waals surface area contributed by atoms with E-state index in [1.165, 1.54) is 11.1 Å². The molecule has 1 atom stereocenters. The third-order valence-electron chi connectivity index (χ3n) is 6.37. The molecule has 0 unspecified atom stereocenters. The predicted molar refractivity (Wildman–Crippen MR) is 128 cm³/mol. The van der Waals surface area contributed by atoms with Gasteiger partial charge in [-0.2, -0.15) is 0 Å². The second kappa shape index (κ2) is 11.7. The van der Waals surface area contributed by atoms with E-state index in [9.17, 15) is 4.79 Å². The van der Waals surface area contributed by atoms with Crippen LogP contribution < -0.4 is 5.32 Å². The summed E-state index contributed by atoms with van der Waals surface area (Å²) < 4.78 is 5.81. The predicted octanol–water partition coefficient (Wildman–Crippen LogP) is 5.69. The molecule has 0 saturated carbocycles. The van der Waals surface area contributed by atoms with Crippen molar-refractivity contribution >= 4 is 17.5 Å². The van der Waals surface area contributed by atoms with Crippen LogP contribution in [0.15, 0.2) is 47.7 Å². The Morgan fingerprint density at radius 1 is 1.23 bits per heavy atom. The largest absolute Gasteiger partial charge is 0.498 e. The Morgan fingerprint density at radius 3 is 2.58 bits per heavy atom. The summed E-state index contributed by atoms with van der Waals surface area (Å²) in [6, 6.07) is 8.01. The molecule has 0 aromatic heterocycles. The Labute approximate surface area is 192 Å². The molecule has 170 valence electrons. The summed E-state index contributed by atoms with van der Waals surface area (Å²) in [5.74, 6) is 2.11. The minimum absolute atomic E-state index is 0.143. The van der Waals surface area contributed by atoms with Gasteiger partial charge in [0.2, 0.25) is 5.91 Å². The summed E-state index contributed by atoms with van der Waals surface area (Å²) in [7, 11) is 0. The molecule has 1 aromatic carbocycles. The Morgan fingerprint density at radius 2 is 1.94 bits per heavy atom. The lowest BCUT2D eigenvalue weighted by Crippen LogP contribution is -2.51. The van der Waals surface area contributed by atoms with Gasteiger partial charge in [-0.25, -0.2) is 0 Å². The summed E-state index contributed by atoms with van der Waals surface area (Å²) >= 11 is 6.02. The second-order valence-electron chi connectivity index (χ2n) is 8.90. The van der Waals surface area contributed by atoms with Crippen molar-refractivity contribution < 1.29 is 9.53 Å². The minimum atomic E-state index is -0.143. The van der Waals surface area contributed by atoms with Crippen molar-refractivity contribution in [3.63, 3.8) is 0 Å². The third-order valence-corrected chi connectivity index (χ3v) is 6.63. The van der Waals surface area contributed by atoms with Crippen LogP contribution in [0.25, 0.3) is 0 Å². The molecule has 4 nitrogen and oxygen atoms in total. The lowest BCUT2D eigenvalue weighted by Gasteiger charge is -2.35. The first-order valence-electron chi connectivity index (χ1n) is 11.8. The van der Waals surface area contributed by atoms with Crippen LogP contribution in [0.5, 0.6) is 0 Å². The SMILES string of the molecule is CCOC1=C(CCN[C@@H](C(=O)N2CCC(c3ccc(Cl)cc3)CC2)C(C)C)C=CCC1. The zero-order valence-corrected chi connectivity index (χ0v) is 20.0. The second-order valence-corrected chi connectivity index (χ2v) is 9.34. The van der Waals surface area contributed by atoms with Crippen LogP contribution in [0, 0.1) is 5.92 Å². The molecule has 1 fully saturated rings. The fourth-order valence-corrected chi connectivity index (χ4v) is 4.72. The summed E-state index contributed by atoms with van der Waals surface area (Å²) in [5.41, 5.74) is 2.59. The highest BCUT2D eigenvalue weighted by Crippen LogP contribution is 2.29. The first-order chi connectivity index (χ1) is 15.0. The molecule has 1 aliphatic heterocycles. The molecule has 1 heterocycles. The number of allylic oxidation sites excluding steroid dienone is 3. The van der Waals surface area contributed by atoms with E-state index in [-0.39, 0.29) is 17.9 Å². The van der Waals surface area contributed by atoms with Gasteiger partial charge in [0.25, 0.3) is 0 Å². The maximum absolute atomic E-state index is 13.3. The van der Waals surface area contributed by atoms with Crippen LogP contribution >= 0.6 is 11.6 Å². The number of amides is 1.